The van der Waals surface area contributed by atoms with Gasteiger partial charge in [0.2, 0.25) is 0 Å². The third kappa shape index (κ3) is 2.50. The van der Waals surface area contributed by atoms with Gasteiger partial charge in [-0.1, -0.05) is 24.2 Å². The Morgan fingerprint density at radius 3 is 2.87 bits per heavy atom. The van der Waals surface area contributed by atoms with Crippen LogP contribution in [0, 0.1) is 11.8 Å². The molecule has 1 aromatic carbocycles. The number of para-hydroxylation sites is 1. The van der Waals surface area contributed by atoms with Gasteiger partial charge in [0.1, 0.15) is 23.1 Å². The molecular formula is C17H17NO5. The number of carbonyl (C=O) groups excluding carboxylic acids is 2. The molecule has 0 unspecified atom stereocenters. The molecule has 120 valence electrons. The molecule has 6 nitrogen and oxygen atoms in total. The van der Waals surface area contributed by atoms with E-state index < -0.39 is 11.9 Å². The number of nitrogens with zero attached hydrogens (tertiary/aromatic N) is 1. The van der Waals surface area contributed by atoms with Gasteiger partial charge in [-0.3, -0.25) is 9.59 Å². The van der Waals surface area contributed by atoms with Crippen LogP contribution in [-0.2, 0) is 16.0 Å². The topological polar surface area (TPSA) is 89.6 Å². The number of fused-ring (bicyclic) bond motifs is 1. The zero-order valence-corrected chi connectivity index (χ0v) is 12.9. The van der Waals surface area contributed by atoms with Gasteiger partial charge in [-0.25, -0.2) is 0 Å². The largest absolute Gasteiger partial charge is 0.507 e. The number of rotatable bonds is 3. The van der Waals surface area contributed by atoms with Crippen molar-refractivity contribution < 1.29 is 24.0 Å². The van der Waals surface area contributed by atoms with Crippen LogP contribution in [-0.4, -0.2) is 28.6 Å². The van der Waals surface area contributed by atoms with E-state index in [4.69, 9.17) is 9.26 Å². The minimum absolute atomic E-state index is 0.00251. The van der Waals surface area contributed by atoms with Crippen LogP contribution in [0.5, 0.6) is 5.75 Å². The minimum atomic E-state index is -0.869. The van der Waals surface area contributed by atoms with Crippen LogP contribution < -0.4 is 0 Å². The number of carbonyl (C=O) groups is 2. The average molecular weight is 315 g/mol. The van der Waals surface area contributed by atoms with Gasteiger partial charge in [0.15, 0.2) is 5.78 Å². The van der Waals surface area contributed by atoms with E-state index in [9.17, 15) is 14.7 Å². The summed E-state index contributed by atoms with van der Waals surface area (Å²) >= 11 is 0. The second-order valence-electron chi connectivity index (χ2n) is 5.62. The van der Waals surface area contributed by atoms with Crippen molar-refractivity contribution in [3.8, 4) is 17.0 Å². The van der Waals surface area contributed by atoms with E-state index in [-0.39, 0.29) is 35.3 Å². The first-order valence-electron chi connectivity index (χ1n) is 7.52. The van der Waals surface area contributed by atoms with E-state index >= 15 is 0 Å². The highest BCUT2D eigenvalue weighted by molar-refractivity contribution is 6.13. The molecule has 0 fully saturated rings. The lowest BCUT2D eigenvalue weighted by Gasteiger charge is -2.24. The number of ketones is 1. The van der Waals surface area contributed by atoms with E-state index in [1.54, 1.807) is 25.1 Å². The summed E-state index contributed by atoms with van der Waals surface area (Å²) in [5, 5.41) is 13.9. The summed E-state index contributed by atoms with van der Waals surface area (Å²) in [6, 6.07) is 6.57. The zero-order chi connectivity index (χ0) is 16.6. The van der Waals surface area contributed by atoms with Gasteiger partial charge < -0.3 is 14.4 Å². The van der Waals surface area contributed by atoms with E-state index in [2.05, 4.69) is 5.16 Å². The minimum Gasteiger partial charge on any atom is -0.507 e. The lowest BCUT2D eigenvalue weighted by molar-refractivity contribution is -0.147. The first-order chi connectivity index (χ1) is 11.0. The Bertz CT molecular complexity index is 764. The van der Waals surface area contributed by atoms with Crippen molar-refractivity contribution in [2.45, 2.75) is 20.3 Å². The van der Waals surface area contributed by atoms with Crippen molar-refractivity contribution in [1.29, 1.82) is 0 Å². The summed E-state index contributed by atoms with van der Waals surface area (Å²) in [7, 11) is 0. The van der Waals surface area contributed by atoms with Gasteiger partial charge in [0.05, 0.1) is 12.2 Å². The maximum absolute atomic E-state index is 12.8. The summed E-state index contributed by atoms with van der Waals surface area (Å²) in [5.74, 6) is -1.54. The molecule has 23 heavy (non-hydrogen) atoms. The van der Waals surface area contributed by atoms with Gasteiger partial charge >= 0.3 is 5.97 Å². The number of ether oxygens (including phenoxy) is 1. The maximum Gasteiger partial charge on any atom is 0.317 e. The Morgan fingerprint density at radius 1 is 1.43 bits per heavy atom. The zero-order valence-electron chi connectivity index (χ0n) is 12.9. The van der Waals surface area contributed by atoms with Crippen LogP contribution in [0.3, 0.4) is 0 Å². The third-order valence-corrected chi connectivity index (χ3v) is 4.07. The van der Waals surface area contributed by atoms with Crippen molar-refractivity contribution >= 4 is 11.8 Å². The highest BCUT2D eigenvalue weighted by atomic mass is 16.5. The molecule has 1 heterocycles. The second-order valence-corrected chi connectivity index (χ2v) is 5.62. The lowest BCUT2D eigenvalue weighted by atomic mass is 9.77. The van der Waals surface area contributed by atoms with Crippen molar-refractivity contribution in [2.75, 3.05) is 6.61 Å². The van der Waals surface area contributed by atoms with Crippen LogP contribution >= 0.6 is 0 Å². The number of aromatic hydroxyl groups is 1. The van der Waals surface area contributed by atoms with Gasteiger partial charge in [0.25, 0.3) is 0 Å². The number of benzene rings is 1. The van der Waals surface area contributed by atoms with Crippen molar-refractivity contribution in [1.82, 2.24) is 5.16 Å². The molecule has 1 aliphatic carbocycles. The fraction of sp³-hybridized carbons (Fsp3) is 0.353. The van der Waals surface area contributed by atoms with E-state index in [0.29, 0.717) is 17.7 Å². The maximum atomic E-state index is 12.8. The van der Waals surface area contributed by atoms with Crippen LogP contribution in [0.15, 0.2) is 28.8 Å². The third-order valence-electron chi connectivity index (χ3n) is 4.07. The molecule has 0 saturated heterocycles. The van der Waals surface area contributed by atoms with Crippen molar-refractivity contribution in [3.05, 3.63) is 35.6 Å². The molecule has 0 spiro atoms. The predicted octanol–water partition coefficient (Wildman–Crippen LogP) is 2.60. The van der Waals surface area contributed by atoms with E-state index in [1.165, 1.54) is 6.07 Å². The number of aromatic nitrogens is 1. The van der Waals surface area contributed by atoms with Crippen LogP contribution in [0.1, 0.15) is 30.0 Å². The first-order valence-corrected chi connectivity index (χ1v) is 7.52. The monoisotopic (exact) mass is 315 g/mol. The van der Waals surface area contributed by atoms with Gasteiger partial charge in [0, 0.05) is 12.0 Å². The molecule has 2 atom stereocenters. The van der Waals surface area contributed by atoms with Crippen LogP contribution in [0.25, 0.3) is 11.3 Å². The molecule has 6 heteroatoms. The first kappa shape index (κ1) is 15.3. The standard InChI is InChI=1S/C17H17NO5/c1-3-22-17(21)13-9(2)8-12-14(16(13)20)15(18-23-12)10-6-4-5-7-11(10)19/h4-7,9,13,19H,3,8H2,1-2H3/t9-,13+/m0/s1. The molecule has 1 aliphatic rings. The molecule has 2 aromatic rings. The van der Waals surface area contributed by atoms with Crippen molar-refractivity contribution in [3.63, 3.8) is 0 Å². The number of hydrogen-bond donors (Lipinski definition) is 1. The predicted molar refractivity (Wildman–Crippen MR) is 80.9 cm³/mol. The molecule has 0 bridgehead atoms. The van der Waals surface area contributed by atoms with E-state index in [0.717, 1.165) is 0 Å². The number of esters is 1. The number of phenolic OH excluding ortho intramolecular Hbond substituents is 1. The SMILES string of the molecule is CCOC(=O)[C@H]1C(=O)c2c(-c3ccccc3O)noc2C[C@@H]1C. The van der Waals surface area contributed by atoms with Crippen molar-refractivity contribution in [2.24, 2.45) is 11.8 Å². The molecular weight excluding hydrogens is 298 g/mol. The number of phenols is 1. The molecule has 0 radical (unpaired) electrons. The summed E-state index contributed by atoms with van der Waals surface area (Å²) in [6.45, 7) is 3.73. The Labute approximate surface area is 133 Å². The summed E-state index contributed by atoms with van der Waals surface area (Å²) in [6.07, 6.45) is 0.422. The highest BCUT2D eigenvalue weighted by Gasteiger charge is 2.43. The van der Waals surface area contributed by atoms with Gasteiger partial charge in [-0.2, -0.15) is 0 Å². The van der Waals surface area contributed by atoms with Gasteiger partial charge in [-0.05, 0) is 25.0 Å². The van der Waals surface area contributed by atoms with Gasteiger partial charge in [-0.15, -0.1) is 0 Å². The van der Waals surface area contributed by atoms with Crippen LogP contribution in [0.2, 0.25) is 0 Å². The summed E-state index contributed by atoms with van der Waals surface area (Å²) in [4.78, 5) is 24.9. The quantitative estimate of drug-likeness (QED) is 0.691. The summed E-state index contributed by atoms with van der Waals surface area (Å²) < 4.78 is 10.3. The van der Waals surface area contributed by atoms with Crippen LogP contribution in [0.4, 0.5) is 0 Å². The Morgan fingerprint density at radius 2 is 2.17 bits per heavy atom. The molecule has 3 rings (SSSR count). The highest BCUT2D eigenvalue weighted by Crippen LogP contribution is 2.39. The Hall–Kier alpha value is -2.63. The number of hydrogen-bond acceptors (Lipinski definition) is 6. The van der Waals surface area contributed by atoms with E-state index in [1.807, 2.05) is 6.92 Å². The Kier molecular flexibility index (Phi) is 3.90. The molecule has 1 aromatic heterocycles. The molecule has 0 amide bonds. The summed E-state index contributed by atoms with van der Waals surface area (Å²) in [5.41, 5.74) is 0.940. The fourth-order valence-electron chi connectivity index (χ4n) is 2.97. The second kappa shape index (κ2) is 5.87. The molecule has 1 N–H and O–H groups in total. The fourth-order valence-corrected chi connectivity index (χ4v) is 2.97. The molecule has 0 saturated carbocycles. The number of Topliss-reactive ketones (excluding diaryl/α,β-unsaturated/α-hetero) is 1. The Balaban J connectivity index is 2.07. The smallest absolute Gasteiger partial charge is 0.317 e. The molecule has 0 aliphatic heterocycles. The normalized spacial score (nSPS) is 20.2. The average Bonchev–Trinajstić information content (AvgIpc) is 2.91. The lowest BCUT2D eigenvalue weighted by Crippen LogP contribution is -2.36.